The van der Waals surface area contributed by atoms with Gasteiger partial charge in [-0.2, -0.15) is 0 Å². The summed E-state index contributed by atoms with van der Waals surface area (Å²) < 4.78 is 6.09. The maximum atomic E-state index is 12.2. The number of ether oxygens (including phenoxy) is 1. The molecular formula is C18H24N4O3. The molecule has 1 aromatic heterocycles. The van der Waals surface area contributed by atoms with Crippen molar-refractivity contribution in [1.29, 1.82) is 0 Å². The van der Waals surface area contributed by atoms with Gasteiger partial charge in [0.2, 0.25) is 5.91 Å². The van der Waals surface area contributed by atoms with Gasteiger partial charge in [-0.3, -0.25) is 14.6 Å². The maximum Gasteiger partial charge on any atom is 0.271 e. The highest BCUT2D eigenvalue weighted by atomic mass is 16.5. The number of nitrogens with zero attached hydrogens (tertiary/aromatic N) is 3. The van der Waals surface area contributed by atoms with Gasteiger partial charge in [0.05, 0.1) is 25.9 Å². The van der Waals surface area contributed by atoms with Gasteiger partial charge in [-0.15, -0.1) is 0 Å². The molecule has 0 bridgehead atoms. The molecule has 3 heterocycles. The molecule has 0 unspecified atom stereocenters. The third kappa shape index (κ3) is 3.38. The van der Waals surface area contributed by atoms with Crippen LogP contribution in [0.1, 0.15) is 36.7 Å². The zero-order valence-corrected chi connectivity index (χ0v) is 14.5. The molecule has 7 nitrogen and oxygen atoms in total. The van der Waals surface area contributed by atoms with Gasteiger partial charge in [-0.1, -0.05) is 6.92 Å². The van der Waals surface area contributed by atoms with Crippen molar-refractivity contribution in [1.82, 2.24) is 20.2 Å². The first-order valence-corrected chi connectivity index (χ1v) is 9.03. The Kier molecular flexibility index (Phi) is 4.19. The molecule has 3 aliphatic rings. The summed E-state index contributed by atoms with van der Waals surface area (Å²) in [7, 11) is 0. The standard InChI is InChI=1S/C18H24N4O3/c1-12-6-14(12)17(24)22-10-18(11-22)3-2-13(9-25-18)7-21-16(23)15-8-19-4-5-20-15/h4-5,8,12-14H,2-3,6-7,9-11H2,1H3,(H,21,23)/t12-,13-,14+/m1/s1. The molecule has 3 atom stereocenters. The van der Waals surface area contributed by atoms with Gasteiger partial charge in [0, 0.05) is 24.9 Å². The molecule has 1 spiro atoms. The molecular weight excluding hydrogens is 320 g/mol. The van der Waals surface area contributed by atoms with Crippen LogP contribution in [0.25, 0.3) is 0 Å². The second-order valence-corrected chi connectivity index (χ2v) is 7.71. The first-order chi connectivity index (χ1) is 12.1. The average molecular weight is 344 g/mol. The quantitative estimate of drug-likeness (QED) is 0.876. The van der Waals surface area contributed by atoms with Crippen LogP contribution in [-0.4, -0.2) is 58.5 Å². The molecule has 3 fully saturated rings. The Bertz CT molecular complexity index is 650. The van der Waals surface area contributed by atoms with Crippen molar-refractivity contribution in [3.63, 3.8) is 0 Å². The second kappa shape index (κ2) is 6.37. The lowest BCUT2D eigenvalue weighted by Gasteiger charge is -2.53. The van der Waals surface area contributed by atoms with Crippen LogP contribution < -0.4 is 5.32 Å². The number of nitrogens with one attached hydrogen (secondary N) is 1. The van der Waals surface area contributed by atoms with Crippen molar-refractivity contribution in [2.45, 2.75) is 31.8 Å². The van der Waals surface area contributed by atoms with Gasteiger partial charge in [-0.25, -0.2) is 4.98 Å². The van der Waals surface area contributed by atoms with Gasteiger partial charge >= 0.3 is 0 Å². The number of likely N-dealkylation sites (tertiary alicyclic amines) is 1. The molecule has 25 heavy (non-hydrogen) atoms. The summed E-state index contributed by atoms with van der Waals surface area (Å²) in [5.74, 6) is 1.22. The SMILES string of the molecule is C[C@@H]1C[C@@H]1C(=O)N1CC2(CC[C@H](CNC(=O)c3cnccn3)CO2)C1. The third-order valence-electron chi connectivity index (χ3n) is 5.68. The molecule has 134 valence electrons. The summed E-state index contributed by atoms with van der Waals surface area (Å²) >= 11 is 0. The lowest BCUT2D eigenvalue weighted by Crippen LogP contribution is -2.66. The summed E-state index contributed by atoms with van der Waals surface area (Å²) in [6.45, 7) is 4.80. The molecule has 1 aromatic rings. The van der Waals surface area contributed by atoms with Crippen molar-refractivity contribution >= 4 is 11.8 Å². The van der Waals surface area contributed by atoms with Crippen LogP contribution in [0, 0.1) is 17.8 Å². The number of hydrogen-bond donors (Lipinski definition) is 1. The monoisotopic (exact) mass is 344 g/mol. The fraction of sp³-hybridized carbons (Fsp3) is 0.667. The molecule has 7 heteroatoms. The van der Waals surface area contributed by atoms with Crippen molar-refractivity contribution in [3.05, 3.63) is 24.3 Å². The topological polar surface area (TPSA) is 84.4 Å². The third-order valence-corrected chi connectivity index (χ3v) is 5.68. The Hall–Kier alpha value is -2.02. The predicted octanol–water partition coefficient (Wildman–Crippen LogP) is 0.870. The van der Waals surface area contributed by atoms with E-state index < -0.39 is 0 Å². The minimum atomic E-state index is -0.202. The normalized spacial score (nSPS) is 29.8. The highest BCUT2D eigenvalue weighted by Gasteiger charge is 2.52. The van der Waals surface area contributed by atoms with Crippen LogP contribution in [-0.2, 0) is 9.53 Å². The van der Waals surface area contributed by atoms with Gasteiger partial charge < -0.3 is 15.0 Å². The van der Waals surface area contributed by atoms with Crippen LogP contribution in [0.3, 0.4) is 0 Å². The van der Waals surface area contributed by atoms with E-state index >= 15 is 0 Å². The maximum absolute atomic E-state index is 12.2. The highest BCUT2D eigenvalue weighted by Crippen LogP contribution is 2.43. The van der Waals surface area contributed by atoms with E-state index in [9.17, 15) is 9.59 Å². The Labute approximate surface area is 147 Å². The van der Waals surface area contributed by atoms with E-state index in [1.54, 1.807) is 6.20 Å². The smallest absolute Gasteiger partial charge is 0.271 e. The molecule has 0 aromatic carbocycles. The van der Waals surface area contributed by atoms with Gasteiger partial charge in [0.15, 0.2) is 0 Å². The molecule has 2 saturated heterocycles. The van der Waals surface area contributed by atoms with E-state index in [0.717, 1.165) is 32.4 Å². The second-order valence-electron chi connectivity index (χ2n) is 7.71. The van der Waals surface area contributed by atoms with Crippen LogP contribution in [0.2, 0.25) is 0 Å². The molecule has 2 aliphatic heterocycles. The van der Waals surface area contributed by atoms with E-state index in [0.29, 0.717) is 36.6 Å². The first-order valence-electron chi connectivity index (χ1n) is 9.03. The van der Waals surface area contributed by atoms with Crippen molar-refractivity contribution in [2.75, 3.05) is 26.2 Å². The molecule has 0 radical (unpaired) electrons. The van der Waals surface area contributed by atoms with Crippen LogP contribution in [0.5, 0.6) is 0 Å². The summed E-state index contributed by atoms with van der Waals surface area (Å²) in [6, 6.07) is 0. The zero-order chi connectivity index (χ0) is 17.4. The Balaban J connectivity index is 1.19. The lowest BCUT2D eigenvalue weighted by molar-refractivity contribution is -0.189. The molecule has 1 N–H and O–H groups in total. The summed E-state index contributed by atoms with van der Waals surface area (Å²) in [5.41, 5.74) is 0.192. The first kappa shape index (κ1) is 16.4. The van der Waals surface area contributed by atoms with E-state index in [1.165, 1.54) is 12.4 Å². The Morgan fingerprint density at radius 2 is 2.20 bits per heavy atom. The predicted molar refractivity (Wildman–Crippen MR) is 89.6 cm³/mol. The fourth-order valence-corrected chi connectivity index (χ4v) is 3.78. The van der Waals surface area contributed by atoms with Crippen molar-refractivity contribution < 1.29 is 14.3 Å². The molecule has 1 saturated carbocycles. The van der Waals surface area contributed by atoms with Crippen LogP contribution in [0.4, 0.5) is 0 Å². The van der Waals surface area contributed by atoms with E-state index in [2.05, 4.69) is 22.2 Å². The summed E-state index contributed by atoms with van der Waals surface area (Å²) in [4.78, 5) is 34.1. The summed E-state index contributed by atoms with van der Waals surface area (Å²) in [6.07, 6.45) is 7.50. The van der Waals surface area contributed by atoms with Crippen molar-refractivity contribution in [3.8, 4) is 0 Å². The van der Waals surface area contributed by atoms with Crippen LogP contribution >= 0.6 is 0 Å². The highest BCUT2D eigenvalue weighted by molar-refractivity contribution is 5.91. The molecule has 2 amide bonds. The number of amides is 2. The van der Waals surface area contributed by atoms with E-state index in [1.807, 2.05) is 4.90 Å². The Morgan fingerprint density at radius 1 is 1.40 bits per heavy atom. The Morgan fingerprint density at radius 3 is 2.80 bits per heavy atom. The zero-order valence-electron chi connectivity index (χ0n) is 14.5. The van der Waals surface area contributed by atoms with Gasteiger partial charge in [0.1, 0.15) is 11.3 Å². The largest absolute Gasteiger partial charge is 0.371 e. The van der Waals surface area contributed by atoms with E-state index in [4.69, 9.17) is 4.74 Å². The minimum Gasteiger partial charge on any atom is -0.371 e. The number of aromatic nitrogens is 2. The lowest BCUT2D eigenvalue weighted by atomic mass is 9.82. The van der Waals surface area contributed by atoms with Crippen molar-refractivity contribution in [2.24, 2.45) is 17.8 Å². The number of carbonyl (C=O) groups is 2. The number of carbonyl (C=O) groups excluding carboxylic acids is 2. The van der Waals surface area contributed by atoms with Crippen LogP contribution in [0.15, 0.2) is 18.6 Å². The van der Waals surface area contributed by atoms with Gasteiger partial charge in [0.25, 0.3) is 5.91 Å². The average Bonchev–Trinajstić information content (AvgIpc) is 3.35. The number of hydrogen-bond acceptors (Lipinski definition) is 5. The molecule has 4 rings (SSSR count). The minimum absolute atomic E-state index is 0.140. The number of rotatable bonds is 4. The molecule has 1 aliphatic carbocycles. The summed E-state index contributed by atoms with van der Waals surface area (Å²) in [5, 5.41) is 2.90. The van der Waals surface area contributed by atoms with E-state index in [-0.39, 0.29) is 17.4 Å². The van der Waals surface area contributed by atoms with Gasteiger partial charge in [-0.05, 0) is 31.1 Å². The fourth-order valence-electron chi connectivity index (χ4n) is 3.78.